The van der Waals surface area contributed by atoms with Crippen LogP contribution in [0.1, 0.15) is 10.4 Å². The summed E-state index contributed by atoms with van der Waals surface area (Å²) in [4.78, 5) is 24.0. The van der Waals surface area contributed by atoms with Crippen LogP contribution < -0.4 is 15.4 Å². The lowest BCUT2D eigenvalue weighted by Crippen LogP contribution is -2.34. The summed E-state index contributed by atoms with van der Waals surface area (Å²) in [5.74, 6) is 0.918. The Morgan fingerprint density at radius 3 is 2.07 bits per heavy atom. The number of urea groups is 1. The van der Waals surface area contributed by atoms with Crippen molar-refractivity contribution in [2.45, 2.75) is 0 Å². The first kappa shape index (κ1) is 18.3. The molecule has 2 N–H and O–H groups in total. The number of imide groups is 1. The van der Waals surface area contributed by atoms with Crippen LogP contribution in [0, 0.1) is 0 Å². The van der Waals surface area contributed by atoms with E-state index in [2.05, 4.69) is 10.6 Å². The quantitative estimate of drug-likeness (QED) is 0.483. The van der Waals surface area contributed by atoms with Gasteiger partial charge in [0.2, 0.25) is 0 Å². The molecule has 4 aromatic rings. The SMILES string of the molecule is O=C(NC(=O)c1ccccc1)Nc1ccc(Oc2ccc3ccccc3c2)cc1. The Labute approximate surface area is 167 Å². The molecule has 0 unspecified atom stereocenters. The number of nitrogens with one attached hydrogen (secondary N) is 2. The summed E-state index contributed by atoms with van der Waals surface area (Å²) in [6, 6.07) is 28.9. The third-order valence-electron chi connectivity index (χ3n) is 4.33. The highest BCUT2D eigenvalue weighted by Gasteiger charge is 2.10. The van der Waals surface area contributed by atoms with Crippen molar-refractivity contribution in [3.63, 3.8) is 0 Å². The smallest absolute Gasteiger partial charge is 0.326 e. The molecule has 0 spiro atoms. The lowest BCUT2D eigenvalue weighted by Gasteiger charge is -2.09. The summed E-state index contributed by atoms with van der Waals surface area (Å²) in [5.41, 5.74) is 0.969. The molecule has 0 heterocycles. The zero-order valence-electron chi connectivity index (χ0n) is 15.5. The summed E-state index contributed by atoms with van der Waals surface area (Å²) in [5, 5.41) is 7.18. The topological polar surface area (TPSA) is 67.4 Å². The summed E-state index contributed by atoms with van der Waals surface area (Å²) >= 11 is 0. The zero-order valence-corrected chi connectivity index (χ0v) is 15.5. The summed E-state index contributed by atoms with van der Waals surface area (Å²) in [6.07, 6.45) is 0. The first-order valence-electron chi connectivity index (χ1n) is 9.11. The van der Waals surface area contributed by atoms with Gasteiger partial charge >= 0.3 is 6.03 Å². The minimum absolute atomic E-state index is 0.418. The van der Waals surface area contributed by atoms with Gasteiger partial charge in [0.05, 0.1) is 0 Å². The van der Waals surface area contributed by atoms with E-state index in [1.54, 1.807) is 54.6 Å². The predicted molar refractivity (Wildman–Crippen MR) is 113 cm³/mol. The molecule has 0 aliphatic heterocycles. The van der Waals surface area contributed by atoms with E-state index in [-0.39, 0.29) is 0 Å². The molecule has 4 rings (SSSR count). The van der Waals surface area contributed by atoms with Gasteiger partial charge in [0.1, 0.15) is 11.5 Å². The van der Waals surface area contributed by atoms with Crippen molar-refractivity contribution in [1.82, 2.24) is 5.32 Å². The minimum Gasteiger partial charge on any atom is -0.457 e. The van der Waals surface area contributed by atoms with Crippen molar-refractivity contribution in [2.75, 3.05) is 5.32 Å². The van der Waals surface area contributed by atoms with E-state index >= 15 is 0 Å². The van der Waals surface area contributed by atoms with E-state index in [0.717, 1.165) is 16.5 Å². The van der Waals surface area contributed by atoms with Crippen molar-refractivity contribution < 1.29 is 14.3 Å². The molecule has 0 saturated heterocycles. The average Bonchev–Trinajstić information content (AvgIpc) is 2.75. The Kier molecular flexibility index (Phi) is 5.21. The number of carbonyl (C=O) groups excluding carboxylic acids is 2. The molecular weight excluding hydrogens is 364 g/mol. The molecule has 0 atom stereocenters. The molecule has 0 bridgehead atoms. The van der Waals surface area contributed by atoms with Crippen molar-refractivity contribution >= 4 is 28.4 Å². The fourth-order valence-electron chi connectivity index (χ4n) is 2.90. The van der Waals surface area contributed by atoms with Gasteiger partial charge in [0.15, 0.2) is 0 Å². The Balaban J connectivity index is 1.37. The summed E-state index contributed by atoms with van der Waals surface area (Å²) in [7, 11) is 0. The van der Waals surface area contributed by atoms with Crippen LogP contribution in [0.4, 0.5) is 10.5 Å². The fourth-order valence-corrected chi connectivity index (χ4v) is 2.90. The Morgan fingerprint density at radius 2 is 1.31 bits per heavy atom. The van der Waals surface area contributed by atoms with Crippen LogP contribution in [0.15, 0.2) is 97.1 Å². The molecule has 0 aliphatic carbocycles. The Hall–Kier alpha value is -4.12. The van der Waals surface area contributed by atoms with Gasteiger partial charge in [-0.25, -0.2) is 4.79 Å². The van der Waals surface area contributed by atoms with Gasteiger partial charge in [0, 0.05) is 11.3 Å². The molecule has 0 fully saturated rings. The molecule has 142 valence electrons. The molecule has 29 heavy (non-hydrogen) atoms. The van der Waals surface area contributed by atoms with Gasteiger partial charge in [0.25, 0.3) is 5.91 Å². The number of fused-ring (bicyclic) bond motifs is 1. The Morgan fingerprint density at radius 1 is 0.655 bits per heavy atom. The van der Waals surface area contributed by atoms with Gasteiger partial charge in [-0.2, -0.15) is 0 Å². The van der Waals surface area contributed by atoms with Gasteiger partial charge in [-0.05, 0) is 59.3 Å². The third kappa shape index (κ3) is 4.59. The van der Waals surface area contributed by atoms with Crippen LogP contribution in [0.5, 0.6) is 11.5 Å². The second kappa shape index (κ2) is 8.27. The molecule has 5 heteroatoms. The van der Waals surface area contributed by atoms with Crippen molar-refractivity contribution in [3.8, 4) is 11.5 Å². The summed E-state index contributed by atoms with van der Waals surface area (Å²) < 4.78 is 5.89. The van der Waals surface area contributed by atoms with Crippen LogP contribution in [0.2, 0.25) is 0 Å². The highest BCUT2D eigenvalue weighted by atomic mass is 16.5. The number of ether oxygens (including phenoxy) is 1. The second-order valence-electron chi connectivity index (χ2n) is 6.41. The normalized spacial score (nSPS) is 10.3. The van der Waals surface area contributed by atoms with E-state index in [0.29, 0.717) is 17.0 Å². The largest absolute Gasteiger partial charge is 0.457 e. The monoisotopic (exact) mass is 382 g/mol. The predicted octanol–water partition coefficient (Wildman–Crippen LogP) is 5.59. The second-order valence-corrected chi connectivity index (χ2v) is 6.41. The average molecular weight is 382 g/mol. The molecule has 5 nitrogen and oxygen atoms in total. The zero-order chi connectivity index (χ0) is 20.1. The van der Waals surface area contributed by atoms with Gasteiger partial charge in [-0.1, -0.05) is 48.5 Å². The third-order valence-corrected chi connectivity index (χ3v) is 4.33. The number of amides is 3. The lowest BCUT2D eigenvalue weighted by molar-refractivity contribution is 0.0967. The first-order chi connectivity index (χ1) is 14.2. The van der Waals surface area contributed by atoms with E-state index in [1.165, 1.54) is 0 Å². The molecular formula is C24H18N2O3. The fraction of sp³-hybridized carbons (Fsp3) is 0. The van der Waals surface area contributed by atoms with Crippen molar-refractivity contribution in [3.05, 3.63) is 103 Å². The maximum atomic E-state index is 12.0. The van der Waals surface area contributed by atoms with Crippen molar-refractivity contribution in [2.24, 2.45) is 0 Å². The maximum Gasteiger partial charge on any atom is 0.326 e. The Bertz CT molecular complexity index is 1160. The van der Waals surface area contributed by atoms with Crippen LogP contribution in [0.25, 0.3) is 10.8 Å². The van der Waals surface area contributed by atoms with Crippen LogP contribution in [0.3, 0.4) is 0 Å². The molecule has 4 aromatic carbocycles. The number of anilines is 1. The highest BCUT2D eigenvalue weighted by Crippen LogP contribution is 2.26. The molecule has 0 aliphatic rings. The number of rotatable bonds is 4. The molecule has 3 amide bonds. The van der Waals surface area contributed by atoms with Gasteiger partial charge < -0.3 is 10.1 Å². The molecule has 0 radical (unpaired) electrons. The van der Waals surface area contributed by atoms with Gasteiger partial charge in [-0.15, -0.1) is 0 Å². The maximum absolute atomic E-state index is 12.0. The van der Waals surface area contributed by atoms with E-state index in [1.807, 2.05) is 42.5 Å². The van der Waals surface area contributed by atoms with E-state index < -0.39 is 11.9 Å². The highest BCUT2D eigenvalue weighted by molar-refractivity contribution is 6.07. The lowest BCUT2D eigenvalue weighted by atomic mass is 10.1. The standard InChI is InChI=1S/C24H18N2O3/c27-23(18-7-2-1-3-8-18)26-24(28)25-20-11-14-21(15-12-20)29-22-13-10-17-6-4-5-9-19(17)16-22/h1-16H,(H2,25,26,27,28). The van der Waals surface area contributed by atoms with Gasteiger partial charge in [-0.3, -0.25) is 10.1 Å². The van der Waals surface area contributed by atoms with Crippen LogP contribution in [-0.4, -0.2) is 11.9 Å². The van der Waals surface area contributed by atoms with Crippen LogP contribution >= 0.6 is 0 Å². The summed E-state index contributed by atoms with van der Waals surface area (Å²) in [6.45, 7) is 0. The van der Waals surface area contributed by atoms with E-state index in [4.69, 9.17) is 4.74 Å². The number of benzene rings is 4. The number of hydrogen-bond donors (Lipinski definition) is 2. The van der Waals surface area contributed by atoms with E-state index in [9.17, 15) is 9.59 Å². The molecule has 0 saturated carbocycles. The number of hydrogen-bond acceptors (Lipinski definition) is 3. The van der Waals surface area contributed by atoms with Crippen LogP contribution in [-0.2, 0) is 0 Å². The molecule has 0 aromatic heterocycles. The number of carbonyl (C=O) groups is 2. The minimum atomic E-state index is -0.595. The van der Waals surface area contributed by atoms with Crippen molar-refractivity contribution in [1.29, 1.82) is 0 Å². The first-order valence-corrected chi connectivity index (χ1v) is 9.11.